The van der Waals surface area contributed by atoms with Crippen molar-refractivity contribution < 1.29 is 0 Å². The second-order valence-corrected chi connectivity index (χ2v) is 4.19. The van der Waals surface area contributed by atoms with E-state index >= 15 is 0 Å². The lowest BCUT2D eigenvalue weighted by Crippen LogP contribution is -2.26. The van der Waals surface area contributed by atoms with Crippen LogP contribution >= 0.6 is 0 Å². The molecule has 0 saturated heterocycles. The van der Waals surface area contributed by atoms with Crippen molar-refractivity contribution >= 4 is 0 Å². The molecule has 0 N–H and O–H groups in total. The van der Waals surface area contributed by atoms with Crippen LogP contribution in [0.5, 0.6) is 0 Å². The highest BCUT2D eigenvalue weighted by Crippen LogP contribution is 2.24. The minimum absolute atomic E-state index is 0.00979. The molecule has 4 nitrogen and oxygen atoms in total. The van der Waals surface area contributed by atoms with Gasteiger partial charge in [-0.2, -0.15) is 5.10 Å². The third kappa shape index (κ3) is 1.89. The fourth-order valence-corrected chi connectivity index (χ4v) is 2.20. The van der Waals surface area contributed by atoms with Crippen LogP contribution in [0, 0.1) is 5.92 Å². The summed E-state index contributed by atoms with van der Waals surface area (Å²) in [6, 6.07) is 0. The first-order chi connectivity index (χ1) is 6.77. The van der Waals surface area contributed by atoms with Gasteiger partial charge >= 0.3 is 5.69 Å². The number of nitrogens with zero attached hydrogens (tertiary/aromatic N) is 3. The van der Waals surface area contributed by atoms with Crippen molar-refractivity contribution in [2.75, 3.05) is 0 Å². The van der Waals surface area contributed by atoms with Gasteiger partial charge in [0.1, 0.15) is 6.33 Å². The molecule has 1 fully saturated rings. The van der Waals surface area contributed by atoms with Crippen LogP contribution in [0.3, 0.4) is 0 Å². The van der Waals surface area contributed by atoms with E-state index in [9.17, 15) is 4.79 Å². The van der Waals surface area contributed by atoms with Crippen molar-refractivity contribution in [3.8, 4) is 0 Å². The molecule has 0 amide bonds. The SMILES string of the molecule is Cn1ncn(CC2CCCCC2)c1=O. The first-order valence-corrected chi connectivity index (χ1v) is 5.36. The molecular weight excluding hydrogens is 178 g/mol. The van der Waals surface area contributed by atoms with Crippen LogP contribution in [0.25, 0.3) is 0 Å². The van der Waals surface area contributed by atoms with Gasteiger partial charge in [0, 0.05) is 13.6 Å². The highest BCUT2D eigenvalue weighted by molar-refractivity contribution is 4.72. The number of hydrogen-bond acceptors (Lipinski definition) is 2. The molecule has 0 unspecified atom stereocenters. The Labute approximate surface area is 83.5 Å². The fourth-order valence-electron chi connectivity index (χ4n) is 2.20. The third-order valence-corrected chi connectivity index (χ3v) is 3.07. The van der Waals surface area contributed by atoms with E-state index in [1.165, 1.54) is 36.8 Å². The lowest BCUT2D eigenvalue weighted by Gasteiger charge is -2.20. The van der Waals surface area contributed by atoms with Gasteiger partial charge in [0.15, 0.2) is 0 Å². The monoisotopic (exact) mass is 195 g/mol. The Bertz CT molecular complexity index is 346. The second-order valence-electron chi connectivity index (χ2n) is 4.19. The largest absolute Gasteiger partial charge is 0.345 e. The van der Waals surface area contributed by atoms with Crippen LogP contribution in [0.15, 0.2) is 11.1 Å². The molecule has 1 aliphatic rings. The molecule has 0 atom stereocenters. The topological polar surface area (TPSA) is 39.8 Å². The predicted octanol–water partition coefficient (Wildman–Crippen LogP) is 1.16. The van der Waals surface area contributed by atoms with E-state index in [1.54, 1.807) is 17.9 Å². The highest BCUT2D eigenvalue weighted by Gasteiger charge is 2.15. The van der Waals surface area contributed by atoms with E-state index in [-0.39, 0.29) is 5.69 Å². The molecule has 78 valence electrons. The van der Waals surface area contributed by atoms with Gasteiger partial charge in [-0.3, -0.25) is 4.57 Å². The van der Waals surface area contributed by atoms with Crippen LogP contribution in [0.4, 0.5) is 0 Å². The van der Waals surface area contributed by atoms with E-state index in [0.717, 1.165) is 6.54 Å². The first-order valence-electron chi connectivity index (χ1n) is 5.36. The normalized spacial score (nSPS) is 18.6. The summed E-state index contributed by atoms with van der Waals surface area (Å²) in [6.07, 6.45) is 8.18. The fraction of sp³-hybridized carbons (Fsp3) is 0.800. The summed E-state index contributed by atoms with van der Waals surface area (Å²) in [6.45, 7) is 0.854. The average Bonchev–Trinajstić information content (AvgIpc) is 2.52. The number of hydrogen-bond donors (Lipinski definition) is 0. The van der Waals surface area contributed by atoms with Gasteiger partial charge in [-0.05, 0) is 18.8 Å². The molecule has 0 spiro atoms. The van der Waals surface area contributed by atoms with Crippen molar-refractivity contribution in [3.05, 3.63) is 16.8 Å². The minimum atomic E-state index is 0.00979. The molecule has 2 rings (SSSR count). The van der Waals surface area contributed by atoms with Crippen LogP contribution in [-0.2, 0) is 13.6 Å². The number of rotatable bonds is 2. The van der Waals surface area contributed by atoms with Crippen molar-refractivity contribution in [2.45, 2.75) is 38.6 Å². The van der Waals surface area contributed by atoms with Crippen molar-refractivity contribution in [2.24, 2.45) is 13.0 Å². The Kier molecular flexibility index (Phi) is 2.70. The average molecular weight is 195 g/mol. The molecule has 0 aromatic carbocycles. The smallest absolute Gasteiger partial charge is 0.281 e. The molecule has 4 heteroatoms. The van der Waals surface area contributed by atoms with Gasteiger partial charge < -0.3 is 0 Å². The number of aromatic nitrogens is 3. The van der Waals surface area contributed by atoms with Gasteiger partial charge in [0.2, 0.25) is 0 Å². The van der Waals surface area contributed by atoms with Crippen LogP contribution < -0.4 is 5.69 Å². The summed E-state index contributed by atoms with van der Waals surface area (Å²) in [5.41, 5.74) is 0.00979. The summed E-state index contributed by atoms with van der Waals surface area (Å²) in [4.78, 5) is 11.5. The van der Waals surface area contributed by atoms with Crippen LogP contribution in [0.1, 0.15) is 32.1 Å². The van der Waals surface area contributed by atoms with Crippen LogP contribution in [-0.4, -0.2) is 14.3 Å². The van der Waals surface area contributed by atoms with Crippen molar-refractivity contribution in [3.63, 3.8) is 0 Å². The lowest BCUT2D eigenvalue weighted by atomic mass is 9.89. The van der Waals surface area contributed by atoms with E-state index in [2.05, 4.69) is 5.10 Å². The van der Waals surface area contributed by atoms with Gasteiger partial charge in [-0.25, -0.2) is 9.48 Å². The second kappa shape index (κ2) is 3.98. The lowest BCUT2D eigenvalue weighted by molar-refractivity contribution is 0.315. The Balaban J connectivity index is 2.02. The molecule has 1 aromatic heterocycles. The molecule has 1 heterocycles. The summed E-state index contributed by atoms with van der Waals surface area (Å²) in [5.74, 6) is 0.686. The maximum Gasteiger partial charge on any atom is 0.345 e. The summed E-state index contributed by atoms with van der Waals surface area (Å²) < 4.78 is 3.12. The Hall–Kier alpha value is -1.06. The van der Waals surface area contributed by atoms with Gasteiger partial charge in [-0.15, -0.1) is 0 Å². The molecule has 1 aliphatic carbocycles. The Morgan fingerprint density at radius 3 is 2.71 bits per heavy atom. The molecule has 1 saturated carbocycles. The van der Waals surface area contributed by atoms with Gasteiger partial charge in [-0.1, -0.05) is 19.3 Å². The Morgan fingerprint density at radius 1 is 1.43 bits per heavy atom. The molecular formula is C10H17N3O. The van der Waals surface area contributed by atoms with Crippen molar-refractivity contribution in [1.82, 2.24) is 14.3 Å². The highest BCUT2D eigenvalue weighted by atomic mass is 16.2. The zero-order chi connectivity index (χ0) is 9.97. The third-order valence-electron chi connectivity index (χ3n) is 3.07. The molecule has 1 aromatic rings. The van der Waals surface area contributed by atoms with Gasteiger partial charge in [0.05, 0.1) is 0 Å². The summed E-state index contributed by atoms with van der Waals surface area (Å²) in [5, 5.41) is 3.95. The zero-order valence-electron chi connectivity index (χ0n) is 8.65. The molecule has 0 radical (unpaired) electrons. The molecule has 14 heavy (non-hydrogen) atoms. The van der Waals surface area contributed by atoms with E-state index in [1.807, 2.05) is 0 Å². The summed E-state index contributed by atoms with van der Waals surface area (Å²) >= 11 is 0. The standard InChI is InChI=1S/C10H17N3O/c1-12-10(14)13(8-11-12)7-9-5-3-2-4-6-9/h8-9H,2-7H2,1H3. The predicted molar refractivity (Wildman–Crippen MR) is 54.0 cm³/mol. The number of aryl methyl sites for hydroxylation is 1. The van der Waals surface area contributed by atoms with E-state index < -0.39 is 0 Å². The van der Waals surface area contributed by atoms with E-state index in [4.69, 9.17) is 0 Å². The van der Waals surface area contributed by atoms with E-state index in [0.29, 0.717) is 5.92 Å². The quantitative estimate of drug-likeness (QED) is 0.710. The maximum absolute atomic E-state index is 11.5. The van der Waals surface area contributed by atoms with Crippen LogP contribution in [0.2, 0.25) is 0 Å². The first kappa shape index (κ1) is 9.49. The minimum Gasteiger partial charge on any atom is -0.281 e. The zero-order valence-corrected chi connectivity index (χ0v) is 8.65. The van der Waals surface area contributed by atoms with Crippen molar-refractivity contribution in [1.29, 1.82) is 0 Å². The Morgan fingerprint density at radius 2 is 2.14 bits per heavy atom. The summed E-state index contributed by atoms with van der Waals surface area (Å²) in [7, 11) is 1.69. The molecule has 0 bridgehead atoms. The maximum atomic E-state index is 11.5. The molecule has 0 aliphatic heterocycles. The van der Waals surface area contributed by atoms with Gasteiger partial charge in [0.25, 0.3) is 0 Å².